The van der Waals surface area contributed by atoms with Gasteiger partial charge in [-0.15, -0.1) is 0 Å². The van der Waals surface area contributed by atoms with Crippen molar-refractivity contribution in [1.82, 2.24) is 9.78 Å². The molecule has 0 aliphatic carbocycles. The van der Waals surface area contributed by atoms with E-state index in [1.165, 1.54) is 0 Å². The Labute approximate surface area is 125 Å². The number of hydrogen-bond acceptors (Lipinski definition) is 4. The van der Waals surface area contributed by atoms with Crippen LogP contribution in [0.15, 0.2) is 0 Å². The minimum absolute atomic E-state index is 0.101. The zero-order valence-electron chi connectivity index (χ0n) is 12.9. The molecule has 20 heavy (non-hydrogen) atoms. The summed E-state index contributed by atoms with van der Waals surface area (Å²) in [6.07, 6.45) is 0. The Balaban J connectivity index is 2.87. The zero-order chi connectivity index (χ0) is 15.7. The summed E-state index contributed by atoms with van der Waals surface area (Å²) in [6.45, 7) is 10.0. The standard InChI is InChI=1S/C13H23ClN2O3S/c1-9-12(10(2)16(6)15-9)19-7-11(13(3,4)5)8-20(14,17)18/h11H,7-8H2,1-6H3. The Morgan fingerprint density at radius 3 is 2.25 bits per heavy atom. The average Bonchev–Trinajstić information content (AvgIpc) is 2.46. The van der Waals surface area contributed by atoms with E-state index >= 15 is 0 Å². The van der Waals surface area contributed by atoms with E-state index in [1.54, 1.807) is 4.68 Å². The maximum absolute atomic E-state index is 11.3. The van der Waals surface area contributed by atoms with Gasteiger partial charge in [-0.2, -0.15) is 5.10 Å². The fourth-order valence-electron chi connectivity index (χ4n) is 1.94. The first-order valence-corrected chi connectivity index (χ1v) is 8.95. The Hall–Kier alpha value is -0.750. The second-order valence-corrected chi connectivity index (χ2v) is 9.02. The zero-order valence-corrected chi connectivity index (χ0v) is 14.5. The van der Waals surface area contributed by atoms with Crippen LogP contribution in [-0.4, -0.2) is 30.6 Å². The molecule has 1 aromatic heterocycles. The number of aryl methyl sites for hydroxylation is 2. The van der Waals surface area contributed by atoms with E-state index in [1.807, 2.05) is 41.7 Å². The molecule has 0 aliphatic rings. The second-order valence-electron chi connectivity index (χ2n) is 6.20. The highest BCUT2D eigenvalue weighted by Gasteiger charge is 2.30. The summed E-state index contributed by atoms with van der Waals surface area (Å²) in [4.78, 5) is 0. The van der Waals surface area contributed by atoms with Crippen LogP contribution in [0.5, 0.6) is 5.75 Å². The van der Waals surface area contributed by atoms with Crippen molar-refractivity contribution in [2.75, 3.05) is 12.4 Å². The second kappa shape index (κ2) is 5.93. The van der Waals surface area contributed by atoms with Gasteiger partial charge in [-0.3, -0.25) is 4.68 Å². The van der Waals surface area contributed by atoms with Crippen LogP contribution in [0, 0.1) is 25.2 Å². The smallest absolute Gasteiger partial charge is 0.233 e. The minimum atomic E-state index is -3.55. The monoisotopic (exact) mass is 322 g/mol. The van der Waals surface area contributed by atoms with Crippen LogP contribution in [0.25, 0.3) is 0 Å². The van der Waals surface area contributed by atoms with Crippen LogP contribution < -0.4 is 4.74 Å². The Morgan fingerprint density at radius 2 is 1.90 bits per heavy atom. The van der Waals surface area contributed by atoms with Crippen molar-refractivity contribution < 1.29 is 13.2 Å². The molecule has 0 N–H and O–H groups in total. The first-order chi connectivity index (χ1) is 8.92. The molecule has 1 aromatic rings. The lowest BCUT2D eigenvalue weighted by molar-refractivity contribution is 0.162. The van der Waals surface area contributed by atoms with Gasteiger partial charge in [0.25, 0.3) is 0 Å². The van der Waals surface area contributed by atoms with Crippen molar-refractivity contribution >= 4 is 19.7 Å². The lowest BCUT2D eigenvalue weighted by Crippen LogP contribution is -2.32. The molecule has 0 fully saturated rings. The van der Waals surface area contributed by atoms with Crippen molar-refractivity contribution in [1.29, 1.82) is 0 Å². The maximum Gasteiger partial charge on any atom is 0.233 e. The summed E-state index contributed by atoms with van der Waals surface area (Å²) in [7, 11) is 3.67. The van der Waals surface area contributed by atoms with Crippen LogP contribution in [0.1, 0.15) is 32.2 Å². The molecular weight excluding hydrogens is 300 g/mol. The number of nitrogens with zero attached hydrogens (tertiary/aromatic N) is 2. The molecular formula is C13H23ClN2O3S. The van der Waals surface area contributed by atoms with E-state index in [0.29, 0.717) is 12.4 Å². The van der Waals surface area contributed by atoms with Gasteiger partial charge in [-0.1, -0.05) is 20.8 Å². The van der Waals surface area contributed by atoms with Crippen molar-refractivity contribution in [3.8, 4) is 5.75 Å². The van der Waals surface area contributed by atoms with Gasteiger partial charge in [-0.25, -0.2) is 8.42 Å². The predicted molar refractivity (Wildman–Crippen MR) is 80.8 cm³/mol. The lowest BCUT2D eigenvalue weighted by atomic mass is 9.82. The van der Waals surface area contributed by atoms with Gasteiger partial charge < -0.3 is 4.74 Å². The summed E-state index contributed by atoms with van der Waals surface area (Å²) < 4.78 is 30.2. The van der Waals surface area contributed by atoms with Crippen molar-refractivity contribution in [2.45, 2.75) is 34.6 Å². The van der Waals surface area contributed by atoms with E-state index < -0.39 is 9.05 Å². The molecule has 0 saturated carbocycles. The van der Waals surface area contributed by atoms with Crippen LogP contribution in [0.3, 0.4) is 0 Å². The molecule has 1 atom stereocenters. The van der Waals surface area contributed by atoms with Gasteiger partial charge >= 0.3 is 0 Å². The third-order valence-corrected chi connectivity index (χ3v) is 4.67. The van der Waals surface area contributed by atoms with Gasteiger partial charge in [0.2, 0.25) is 9.05 Å². The van der Waals surface area contributed by atoms with Gasteiger partial charge in [0.05, 0.1) is 18.1 Å². The van der Waals surface area contributed by atoms with Crippen molar-refractivity contribution in [2.24, 2.45) is 18.4 Å². The topological polar surface area (TPSA) is 61.2 Å². The van der Waals surface area contributed by atoms with Gasteiger partial charge in [0.1, 0.15) is 5.69 Å². The van der Waals surface area contributed by atoms with E-state index in [2.05, 4.69) is 5.10 Å². The highest BCUT2D eigenvalue weighted by Crippen LogP contribution is 2.30. The molecule has 1 rings (SSSR count). The molecule has 0 aliphatic heterocycles. The predicted octanol–water partition coefficient (Wildman–Crippen LogP) is 2.65. The Kier molecular flexibility index (Phi) is 5.13. The van der Waals surface area contributed by atoms with Crippen molar-refractivity contribution in [3.05, 3.63) is 11.4 Å². The summed E-state index contributed by atoms with van der Waals surface area (Å²) in [5.41, 5.74) is 1.50. The highest BCUT2D eigenvalue weighted by molar-refractivity contribution is 8.13. The minimum Gasteiger partial charge on any atom is -0.489 e. The van der Waals surface area contributed by atoms with Crippen LogP contribution in [0.2, 0.25) is 0 Å². The molecule has 0 radical (unpaired) electrons. The van der Waals surface area contributed by atoms with Gasteiger partial charge in [0, 0.05) is 23.6 Å². The summed E-state index contributed by atoms with van der Waals surface area (Å²) in [5, 5.41) is 4.27. The van der Waals surface area contributed by atoms with E-state index in [4.69, 9.17) is 15.4 Å². The number of rotatable bonds is 5. The number of hydrogen-bond donors (Lipinski definition) is 0. The molecule has 0 aromatic carbocycles. The Bertz CT molecular complexity index is 573. The summed E-state index contributed by atoms with van der Waals surface area (Å²) in [5.74, 6) is 0.425. The number of ether oxygens (including phenoxy) is 1. The molecule has 0 bridgehead atoms. The SMILES string of the molecule is Cc1nn(C)c(C)c1OCC(CS(=O)(=O)Cl)C(C)(C)C. The van der Waals surface area contributed by atoms with Gasteiger partial charge in [0.15, 0.2) is 5.75 Å². The third-order valence-electron chi connectivity index (χ3n) is 3.50. The summed E-state index contributed by atoms with van der Waals surface area (Å²) >= 11 is 0. The first-order valence-electron chi connectivity index (χ1n) is 6.47. The quantitative estimate of drug-likeness (QED) is 0.782. The van der Waals surface area contributed by atoms with Crippen molar-refractivity contribution in [3.63, 3.8) is 0 Å². The average molecular weight is 323 g/mol. The summed E-state index contributed by atoms with van der Waals surface area (Å²) in [6, 6.07) is 0. The van der Waals surface area contributed by atoms with Crippen LogP contribution >= 0.6 is 10.7 Å². The molecule has 7 heteroatoms. The molecule has 116 valence electrons. The van der Waals surface area contributed by atoms with E-state index in [9.17, 15) is 8.42 Å². The number of aromatic nitrogens is 2. The fourth-order valence-corrected chi connectivity index (χ4v) is 3.47. The molecule has 1 heterocycles. The van der Waals surface area contributed by atoms with E-state index in [-0.39, 0.29) is 17.1 Å². The molecule has 0 spiro atoms. The normalized spacial score (nSPS) is 14.3. The molecule has 1 unspecified atom stereocenters. The Morgan fingerprint density at radius 1 is 1.35 bits per heavy atom. The van der Waals surface area contributed by atoms with Gasteiger partial charge in [-0.05, 0) is 19.3 Å². The molecule has 0 saturated heterocycles. The first kappa shape index (κ1) is 17.3. The largest absolute Gasteiger partial charge is 0.489 e. The lowest BCUT2D eigenvalue weighted by Gasteiger charge is -2.29. The fraction of sp³-hybridized carbons (Fsp3) is 0.769. The highest BCUT2D eigenvalue weighted by atomic mass is 35.7. The number of halogens is 1. The maximum atomic E-state index is 11.3. The van der Waals surface area contributed by atoms with Crippen LogP contribution in [0.4, 0.5) is 0 Å². The molecule has 0 amide bonds. The molecule has 5 nitrogen and oxygen atoms in total. The third kappa shape index (κ3) is 4.66. The van der Waals surface area contributed by atoms with Crippen LogP contribution in [-0.2, 0) is 16.1 Å². The van der Waals surface area contributed by atoms with E-state index in [0.717, 1.165) is 11.4 Å².